The molecule has 21 heavy (non-hydrogen) atoms. The average molecular weight is 288 g/mol. The molecule has 2 aromatic carbocycles. The van der Waals surface area contributed by atoms with Crippen LogP contribution < -0.4 is 5.73 Å². The Bertz CT molecular complexity index is 595. The van der Waals surface area contributed by atoms with E-state index >= 15 is 0 Å². The number of nitrogens with two attached hydrogens (primary N) is 1. The molecular weight excluding hydrogens is 270 g/mol. The van der Waals surface area contributed by atoms with Crippen molar-refractivity contribution in [2.45, 2.75) is 18.5 Å². The largest absolute Gasteiger partial charge is 0.326 e. The zero-order valence-electron chi connectivity index (χ0n) is 11.7. The van der Waals surface area contributed by atoms with Gasteiger partial charge in [0.05, 0.1) is 0 Å². The van der Waals surface area contributed by atoms with E-state index in [9.17, 15) is 8.78 Å². The summed E-state index contributed by atoms with van der Waals surface area (Å²) in [6.07, 6.45) is 0. The van der Waals surface area contributed by atoms with Crippen molar-refractivity contribution in [3.8, 4) is 0 Å². The van der Waals surface area contributed by atoms with Gasteiger partial charge in [0.15, 0.2) is 0 Å². The first-order valence-electron chi connectivity index (χ1n) is 7.09. The number of nitrogens with zero attached hydrogens (tertiary/aromatic N) is 1. The van der Waals surface area contributed by atoms with Crippen molar-refractivity contribution in [2.24, 2.45) is 5.73 Å². The van der Waals surface area contributed by atoms with Crippen molar-refractivity contribution in [3.05, 3.63) is 71.3 Å². The van der Waals surface area contributed by atoms with Crippen molar-refractivity contribution >= 4 is 0 Å². The molecule has 110 valence electrons. The van der Waals surface area contributed by atoms with Crippen molar-refractivity contribution in [1.82, 2.24) is 4.90 Å². The standard InChI is InChI=1S/C17H18F2N2/c18-14-6-13(7-15(19)8-14)16-10-21(11-17(16)20)9-12-4-2-1-3-5-12/h1-8,16-17H,9-11,20H2/t16-,17?/m0/s1. The summed E-state index contributed by atoms with van der Waals surface area (Å²) in [6, 6.07) is 13.7. The van der Waals surface area contributed by atoms with Crippen LogP contribution in [0.2, 0.25) is 0 Å². The van der Waals surface area contributed by atoms with Crippen molar-refractivity contribution in [1.29, 1.82) is 0 Å². The molecule has 0 bridgehead atoms. The summed E-state index contributed by atoms with van der Waals surface area (Å²) in [4.78, 5) is 2.23. The fourth-order valence-electron chi connectivity index (χ4n) is 3.03. The molecule has 2 N–H and O–H groups in total. The molecule has 1 aliphatic rings. The lowest BCUT2D eigenvalue weighted by Gasteiger charge is -2.16. The van der Waals surface area contributed by atoms with E-state index in [0.717, 1.165) is 25.7 Å². The summed E-state index contributed by atoms with van der Waals surface area (Å²) in [5, 5.41) is 0. The van der Waals surface area contributed by atoms with Crippen LogP contribution in [-0.2, 0) is 6.54 Å². The summed E-state index contributed by atoms with van der Waals surface area (Å²) in [7, 11) is 0. The lowest BCUT2D eigenvalue weighted by atomic mass is 9.95. The van der Waals surface area contributed by atoms with Gasteiger partial charge in [0.25, 0.3) is 0 Å². The first-order chi connectivity index (χ1) is 10.1. The molecule has 1 fully saturated rings. The molecule has 0 amide bonds. The minimum atomic E-state index is -0.543. The zero-order chi connectivity index (χ0) is 14.8. The highest BCUT2D eigenvalue weighted by Crippen LogP contribution is 2.28. The van der Waals surface area contributed by atoms with Crippen LogP contribution in [0.1, 0.15) is 17.0 Å². The maximum Gasteiger partial charge on any atom is 0.126 e. The van der Waals surface area contributed by atoms with Crippen LogP contribution in [0.15, 0.2) is 48.5 Å². The fourth-order valence-corrected chi connectivity index (χ4v) is 3.03. The van der Waals surface area contributed by atoms with E-state index in [4.69, 9.17) is 5.73 Å². The minimum Gasteiger partial charge on any atom is -0.326 e. The minimum absolute atomic E-state index is 0.0288. The Labute approximate surface area is 123 Å². The molecule has 0 aliphatic carbocycles. The Morgan fingerprint density at radius 1 is 1.00 bits per heavy atom. The monoisotopic (exact) mass is 288 g/mol. The average Bonchev–Trinajstić information content (AvgIpc) is 2.79. The van der Waals surface area contributed by atoms with E-state index in [1.807, 2.05) is 18.2 Å². The molecule has 4 heteroatoms. The highest BCUT2D eigenvalue weighted by atomic mass is 19.1. The Morgan fingerprint density at radius 3 is 2.33 bits per heavy atom. The van der Waals surface area contributed by atoms with Crippen molar-refractivity contribution in [3.63, 3.8) is 0 Å². The topological polar surface area (TPSA) is 29.3 Å². The van der Waals surface area contributed by atoms with Gasteiger partial charge in [-0.1, -0.05) is 30.3 Å². The van der Waals surface area contributed by atoms with Crippen LogP contribution in [-0.4, -0.2) is 24.0 Å². The molecule has 0 aromatic heterocycles. The molecule has 1 heterocycles. The van der Waals surface area contributed by atoms with Gasteiger partial charge in [-0.25, -0.2) is 8.78 Å². The number of hydrogen-bond acceptors (Lipinski definition) is 2. The normalized spacial score (nSPS) is 22.6. The second-order valence-electron chi connectivity index (χ2n) is 5.65. The summed E-state index contributed by atoms with van der Waals surface area (Å²) in [5.74, 6) is -1.11. The number of likely N-dealkylation sites (tertiary alicyclic amines) is 1. The van der Waals surface area contributed by atoms with Crippen LogP contribution >= 0.6 is 0 Å². The number of benzene rings is 2. The van der Waals surface area contributed by atoms with Gasteiger partial charge in [-0.2, -0.15) is 0 Å². The molecule has 1 unspecified atom stereocenters. The highest BCUT2D eigenvalue weighted by molar-refractivity contribution is 5.26. The third-order valence-electron chi connectivity index (χ3n) is 4.00. The molecule has 2 atom stereocenters. The van der Waals surface area contributed by atoms with Gasteiger partial charge in [-0.05, 0) is 23.3 Å². The van der Waals surface area contributed by atoms with Crippen molar-refractivity contribution < 1.29 is 8.78 Å². The second-order valence-corrected chi connectivity index (χ2v) is 5.65. The Hall–Kier alpha value is -1.78. The Morgan fingerprint density at radius 2 is 1.67 bits per heavy atom. The Kier molecular flexibility index (Phi) is 3.99. The molecule has 1 aliphatic heterocycles. The third-order valence-corrected chi connectivity index (χ3v) is 4.00. The smallest absolute Gasteiger partial charge is 0.126 e. The molecule has 2 aromatic rings. The molecule has 0 spiro atoms. The van der Waals surface area contributed by atoms with Gasteiger partial charge < -0.3 is 5.73 Å². The predicted molar refractivity (Wildman–Crippen MR) is 78.8 cm³/mol. The van der Waals surface area contributed by atoms with E-state index in [-0.39, 0.29) is 12.0 Å². The van der Waals surface area contributed by atoms with Crippen LogP contribution in [0.3, 0.4) is 0 Å². The maximum atomic E-state index is 13.4. The summed E-state index contributed by atoms with van der Waals surface area (Å²) in [6.45, 7) is 2.26. The second kappa shape index (κ2) is 5.92. The molecule has 2 nitrogen and oxygen atoms in total. The first-order valence-corrected chi connectivity index (χ1v) is 7.09. The fraction of sp³-hybridized carbons (Fsp3) is 0.294. The lowest BCUT2D eigenvalue weighted by molar-refractivity contribution is 0.323. The van der Waals surface area contributed by atoms with E-state index < -0.39 is 11.6 Å². The Balaban J connectivity index is 1.74. The highest BCUT2D eigenvalue weighted by Gasteiger charge is 2.31. The summed E-state index contributed by atoms with van der Waals surface area (Å²) in [5.41, 5.74) is 8.04. The third kappa shape index (κ3) is 3.28. The molecule has 1 saturated heterocycles. The van der Waals surface area contributed by atoms with Gasteiger partial charge in [0.1, 0.15) is 11.6 Å². The number of rotatable bonds is 3. The van der Waals surface area contributed by atoms with E-state index in [0.29, 0.717) is 5.56 Å². The van der Waals surface area contributed by atoms with E-state index in [1.165, 1.54) is 17.7 Å². The van der Waals surface area contributed by atoms with Crippen LogP contribution in [0.4, 0.5) is 8.78 Å². The zero-order valence-corrected chi connectivity index (χ0v) is 11.7. The number of hydrogen-bond donors (Lipinski definition) is 1. The quantitative estimate of drug-likeness (QED) is 0.941. The molecule has 0 radical (unpaired) electrons. The van der Waals surface area contributed by atoms with Gasteiger partial charge in [0.2, 0.25) is 0 Å². The molecule has 0 saturated carbocycles. The van der Waals surface area contributed by atoms with Gasteiger partial charge >= 0.3 is 0 Å². The van der Waals surface area contributed by atoms with Crippen molar-refractivity contribution in [2.75, 3.05) is 13.1 Å². The lowest BCUT2D eigenvalue weighted by Crippen LogP contribution is -2.28. The van der Waals surface area contributed by atoms with Crippen LogP contribution in [0, 0.1) is 11.6 Å². The van der Waals surface area contributed by atoms with Gasteiger partial charge in [-0.15, -0.1) is 0 Å². The van der Waals surface area contributed by atoms with Crippen LogP contribution in [0.5, 0.6) is 0 Å². The number of halogens is 2. The maximum absolute atomic E-state index is 13.4. The summed E-state index contributed by atoms with van der Waals surface area (Å²) < 4.78 is 26.7. The van der Waals surface area contributed by atoms with Gasteiger partial charge in [-0.3, -0.25) is 4.90 Å². The van der Waals surface area contributed by atoms with E-state index in [1.54, 1.807) is 0 Å². The van der Waals surface area contributed by atoms with E-state index in [2.05, 4.69) is 17.0 Å². The SMILES string of the molecule is NC1CN(Cc2ccccc2)C[C@H]1c1cc(F)cc(F)c1. The van der Waals surface area contributed by atoms with Gasteiger partial charge in [0, 0.05) is 37.7 Å². The molecular formula is C17H18F2N2. The summed E-state index contributed by atoms with van der Waals surface area (Å²) >= 11 is 0. The predicted octanol–water partition coefficient (Wildman–Crippen LogP) is 2.89. The molecule has 3 rings (SSSR count). The first kappa shape index (κ1) is 14.2. The van der Waals surface area contributed by atoms with Crippen LogP contribution in [0.25, 0.3) is 0 Å².